The molecule has 0 aliphatic carbocycles. The van der Waals surface area contributed by atoms with Gasteiger partial charge in [0, 0.05) is 36.6 Å². The lowest BCUT2D eigenvalue weighted by atomic mass is 10.1. The second kappa shape index (κ2) is 5.38. The molecule has 0 aromatic carbocycles. The normalized spacial score (nSPS) is 14.8. The Morgan fingerprint density at radius 2 is 2.20 bits per heavy atom. The summed E-state index contributed by atoms with van der Waals surface area (Å²) in [5.41, 5.74) is 2.27. The Hall–Kier alpha value is -1.66. The van der Waals surface area contributed by atoms with Gasteiger partial charge in [0.25, 0.3) is 0 Å². The van der Waals surface area contributed by atoms with Crippen molar-refractivity contribution in [1.82, 2.24) is 24.5 Å². The third-order valence-corrected chi connectivity index (χ3v) is 4.39. The smallest absolute Gasteiger partial charge is 0.193 e. The number of nitrogens with one attached hydrogen (secondary N) is 1. The van der Waals surface area contributed by atoms with Crippen molar-refractivity contribution in [3.05, 3.63) is 41.4 Å². The minimum absolute atomic E-state index is 0.312. The quantitative estimate of drug-likeness (QED) is 0.785. The van der Waals surface area contributed by atoms with Gasteiger partial charge in [-0.05, 0) is 26.3 Å². The molecule has 0 saturated heterocycles. The topological polar surface area (TPSA) is 47.2 Å². The average Bonchev–Trinajstić information content (AvgIpc) is 3.10. The molecule has 0 fully saturated rings. The monoisotopic (exact) mass is 289 g/mol. The van der Waals surface area contributed by atoms with Crippen molar-refractivity contribution in [2.24, 2.45) is 0 Å². The van der Waals surface area contributed by atoms with Crippen molar-refractivity contribution >= 4 is 16.3 Å². The minimum atomic E-state index is 0.312. The van der Waals surface area contributed by atoms with Crippen LogP contribution in [0.1, 0.15) is 31.1 Å². The van der Waals surface area contributed by atoms with Gasteiger partial charge in [-0.1, -0.05) is 0 Å². The van der Waals surface area contributed by atoms with E-state index in [1.807, 2.05) is 22.5 Å². The molecule has 3 aromatic rings. The first kappa shape index (κ1) is 13.3. The van der Waals surface area contributed by atoms with Crippen LogP contribution >= 0.6 is 11.3 Å². The van der Waals surface area contributed by atoms with E-state index in [4.69, 9.17) is 0 Å². The van der Waals surface area contributed by atoms with Crippen LogP contribution in [0.5, 0.6) is 0 Å². The highest BCUT2D eigenvalue weighted by molar-refractivity contribution is 7.15. The van der Waals surface area contributed by atoms with Gasteiger partial charge in [-0.3, -0.25) is 9.08 Å². The average molecular weight is 289 g/mol. The SMILES string of the molecule is Cc1cnn([C@@H](C)[C@@H](C)NCc2cn3ccsc3n2)c1. The lowest BCUT2D eigenvalue weighted by Crippen LogP contribution is -2.33. The summed E-state index contributed by atoms with van der Waals surface area (Å²) in [5.74, 6) is 0. The summed E-state index contributed by atoms with van der Waals surface area (Å²) in [5, 5.41) is 9.95. The molecule has 0 aliphatic rings. The number of thiazole rings is 1. The van der Waals surface area contributed by atoms with E-state index in [0.29, 0.717) is 12.1 Å². The van der Waals surface area contributed by atoms with Gasteiger partial charge in [0.15, 0.2) is 4.96 Å². The van der Waals surface area contributed by atoms with Crippen LogP contribution in [0.15, 0.2) is 30.2 Å². The maximum atomic E-state index is 4.58. The molecular formula is C14H19N5S. The fraction of sp³-hybridized carbons (Fsp3) is 0.429. The molecule has 3 heterocycles. The van der Waals surface area contributed by atoms with Crippen LogP contribution in [0.25, 0.3) is 4.96 Å². The van der Waals surface area contributed by atoms with E-state index < -0.39 is 0 Å². The highest BCUT2D eigenvalue weighted by atomic mass is 32.1. The number of rotatable bonds is 5. The minimum Gasteiger partial charge on any atom is -0.306 e. The molecule has 3 aromatic heterocycles. The first-order valence-corrected chi connectivity index (χ1v) is 7.66. The summed E-state index contributed by atoms with van der Waals surface area (Å²) in [6, 6.07) is 0.640. The van der Waals surface area contributed by atoms with Crippen molar-refractivity contribution < 1.29 is 0 Å². The van der Waals surface area contributed by atoms with Crippen molar-refractivity contribution in [3.63, 3.8) is 0 Å². The number of hydrogen-bond donors (Lipinski definition) is 1. The fourth-order valence-corrected chi connectivity index (χ4v) is 2.90. The molecule has 5 nitrogen and oxygen atoms in total. The molecule has 0 saturated carbocycles. The third-order valence-electron chi connectivity index (χ3n) is 3.62. The maximum absolute atomic E-state index is 4.58. The van der Waals surface area contributed by atoms with Crippen LogP contribution < -0.4 is 5.32 Å². The Morgan fingerprint density at radius 1 is 1.35 bits per heavy atom. The van der Waals surface area contributed by atoms with E-state index >= 15 is 0 Å². The molecule has 6 heteroatoms. The van der Waals surface area contributed by atoms with Crippen molar-refractivity contribution in [1.29, 1.82) is 0 Å². The second-order valence-electron chi connectivity index (χ2n) is 5.23. The summed E-state index contributed by atoms with van der Waals surface area (Å²) < 4.78 is 4.07. The Morgan fingerprint density at radius 3 is 2.90 bits per heavy atom. The van der Waals surface area contributed by atoms with Crippen LogP contribution in [0.3, 0.4) is 0 Å². The van der Waals surface area contributed by atoms with E-state index in [1.54, 1.807) is 11.3 Å². The Balaban J connectivity index is 1.61. The van der Waals surface area contributed by atoms with Crippen LogP contribution in [-0.2, 0) is 6.54 Å². The Kier molecular flexibility index (Phi) is 3.58. The van der Waals surface area contributed by atoms with Crippen molar-refractivity contribution in [2.75, 3.05) is 0 Å². The van der Waals surface area contributed by atoms with Gasteiger partial charge >= 0.3 is 0 Å². The van der Waals surface area contributed by atoms with Crippen LogP contribution in [0.4, 0.5) is 0 Å². The zero-order valence-electron chi connectivity index (χ0n) is 11.9. The molecule has 106 valence electrons. The number of fused-ring (bicyclic) bond motifs is 1. The summed E-state index contributed by atoms with van der Waals surface area (Å²) in [6.07, 6.45) is 8.09. The second-order valence-corrected chi connectivity index (χ2v) is 6.11. The molecule has 1 N–H and O–H groups in total. The van der Waals surface area contributed by atoms with Crippen LogP contribution in [0.2, 0.25) is 0 Å². The van der Waals surface area contributed by atoms with Crippen molar-refractivity contribution in [2.45, 2.75) is 39.4 Å². The largest absolute Gasteiger partial charge is 0.306 e. The molecule has 0 amide bonds. The highest BCUT2D eigenvalue weighted by Gasteiger charge is 2.14. The molecule has 0 unspecified atom stereocenters. The zero-order chi connectivity index (χ0) is 14.1. The van der Waals surface area contributed by atoms with Crippen LogP contribution in [-0.4, -0.2) is 25.2 Å². The lowest BCUT2D eigenvalue weighted by Gasteiger charge is -2.21. The Bertz CT molecular complexity index is 667. The Labute approximate surface area is 122 Å². The molecule has 0 radical (unpaired) electrons. The number of nitrogens with zero attached hydrogens (tertiary/aromatic N) is 4. The van der Waals surface area contributed by atoms with Gasteiger partial charge in [-0.2, -0.15) is 5.10 Å². The van der Waals surface area contributed by atoms with Gasteiger partial charge in [0.1, 0.15) is 0 Å². The van der Waals surface area contributed by atoms with E-state index in [0.717, 1.165) is 17.2 Å². The predicted molar refractivity (Wildman–Crippen MR) is 81.0 cm³/mol. The van der Waals surface area contributed by atoms with Crippen molar-refractivity contribution in [3.8, 4) is 0 Å². The predicted octanol–water partition coefficient (Wildman–Crippen LogP) is 2.64. The molecule has 0 aliphatic heterocycles. The standard InChI is InChI=1S/C14H19N5S/c1-10-6-16-19(8-10)12(3)11(2)15-7-13-9-18-4-5-20-14(18)17-13/h4-6,8-9,11-12,15H,7H2,1-3H3/t11-,12+/m1/s1. The summed E-state index contributed by atoms with van der Waals surface area (Å²) >= 11 is 1.66. The van der Waals surface area contributed by atoms with Gasteiger partial charge < -0.3 is 5.32 Å². The zero-order valence-corrected chi connectivity index (χ0v) is 12.8. The van der Waals surface area contributed by atoms with E-state index in [1.165, 1.54) is 5.56 Å². The van der Waals surface area contributed by atoms with Gasteiger partial charge in [-0.15, -0.1) is 11.3 Å². The first-order valence-electron chi connectivity index (χ1n) is 6.78. The fourth-order valence-electron chi connectivity index (χ4n) is 2.18. The van der Waals surface area contributed by atoms with Crippen LogP contribution in [0, 0.1) is 6.92 Å². The molecule has 0 spiro atoms. The maximum Gasteiger partial charge on any atom is 0.193 e. The van der Waals surface area contributed by atoms with Gasteiger partial charge in [0.05, 0.1) is 17.9 Å². The summed E-state index contributed by atoms with van der Waals surface area (Å²) in [6.45, 7) is 7.20. The third kappa shape index (κ3) is 2.62. The van der Waals surface area contributed by atoms with E-state index in [2.05, 4.69) is 53.0 Å². The number of aryl methyl sites for hydroxylation is 1. The number of imidazole rings is 1. The summed E-state index contributed by atoms with van der Waals surface area (Å²) in [7, 11) is 0. The number of hydrogen-bond acceptors (Lipinski definition) is 4. The molecule has 3 rings (SSSR count). The summed E-state index contributed by atoms with van der Waals surface area (Å²) in [4.78, 5) is 5.62. The van der Waals surface area contributed by atoms with Gasteiger partial charge in [-0.25, -0.2) is 4.98 Å². The molecule has 0 bridgehead atoms. The van der Waals surface area contributed by atoms with Gasteiger partial charge in [0.2, 0.25) is 0 Å². The van der Waals surface area contributed by atoms with E-state index in [9.17, 15) is 0 Å². The lowest BCUT2D eigenvalue weighted by molar-refractivity contribution is 0.364. The molecular weight excluding hydrogens is 270 g/mol. The first-order chi connectivity index (χ1) is 9.63. The van der Waals surface area contributed by atoms with E-state index in [-0.39, 0.29) is 0 Å². The number of aromatic nitrogens is 4. The molecule has 2 atom stereocenters. The molecule has 20 heavy (non-hydrogen) atoms. The highest BCUT2D eigenvalue weighted by Crippen LogP contribution is 2.13.